The van der Waals surface area contributed by atoms with Gasteiger partial charge in [-0.25, -0.2) is 12.8 Å². The number of nitrogens with two attached hydrogens (primary N) is 1. The van der Waals surface area contributed by atoms with E-state index in [1.165, 1.54) is 6.07 Å². The first-order chi connectivity index (χ1) is 9.72. The number of hydrogen-bond acceptors (Lipinski definition) is 3. The Bertz CT molecular complexity index is 815. The Morgan fingerprint density at radius 1 is 1.14 bits per heavy atom. The summed E-state index contributed by atoms with van der Waals surface area (Å²) in [7, 11) is -4.01. The highest BCUT2D eigenvalue weighted by molar-refractivity contribution is 9.10. The van der Waals surface area contributed by atoms with Crippen LogP contribution in [0, 0.1) is 5.82 Å². The quantitative estimate of drug-likeness (QED) is 0.582. The number of rotatable bonds is 3. The Labute approximate surface area is 139 Å². The maximum Gasteiger partial charge on any atom is 0.263 e. The van der Waals surface area contributed by atoms with Crippen molar-refractivity contribution in [1.29, 1.82) is 0 Å². The molecule has 3 N–H and O–H groups in total. The van der Waals surface area contributed by atoms with Gasteiger partial charge in [-0.05, 0) is 46.3 Å². The van der Waals surface area contributed by atoms with Crippen molar-refractivity contribution < 1.29 is 12.8 Å². The summed E-state index contributed by atoms with van der Waals surface area (Å²) in [5.74, 6) is -0.629. The van der Waals surface area contributed by atoms with E-state index in [1.807, 2.05) is 0 Å². The molecule has 0 unspecified atom stereocenters. The highest BCUT2D eigenvalue weighted by Gasteiger charge is 2.20. The molecule has 0 spiro atoms. The van der Waals surface area contributed by atoms with Crippen LogP contribution in [0.1, 0.15) is 0 Å². The lowest BCUT2D eigenvalue weighted by Gasteiger charge is -2.12. The van der Waals surface area contributed by atoms with E-state index in [0.29, 0.717) is 4.47 Å². The van der Waals surface area contributed by atoms with Gasteiger partial charge in [-0.2, -0.15) is 0 Å². The highest BCUT2D eigenvalue weighted by Crippen LogP contribution is 2.37. The van der Waals surface area contributed by atoms with Crippen LogP contribution in [-0.4, -0.2) is 8.42 Å². The van der Waals surface area contributed by atoms with Crippen LogP contribution in [0.25, 0.3) is 0 Å². The van der Waals surface area contributed by atoms with Crippen molar-refractivity contribution in [2.24, 2.45) is 0 Å². The molecule has 0 radical (unpaired) electrons. The smallest absolute Gasteiger partial charge is 0.263 e. The molecule has 0 atom stereocenters. The van der Waals surface area contributed by atoms with Crippen LogP contribution in [0.4, 0.5) is 15.8 Å². The van der Waals surface area contributed by atoms with Gasteiger partial charge >= 0.3 is 0 Å². The van der Waals surface area contributed by atoms with Gasteiger partial charge in [0.15, 0.2) is 0 Å². The van der Waals surface area contributed by atoms with E-state index in [4.69, 9.17) is 28.9 Å². The minimum Gasteiger partial charge on any atom is -0.398 e. The molecule has 0 aromatic heterocycles. The van der Waals surface area contributed by atoms with Crippen molar-refractivity contribution in [3.8, 4) is 0 Å². The molecule has 2 aromatic carbocycles. The van der Waals surface area contributed by atoms with E-state index in [0.717, 1.165) is 18.2 Å². The van der Waals surface area contributed by atoms with Crippen molar-refractivity contribution in [1.82, 2.24) is 0 Å². The van der Waals surface area contributed by atoms with E-state index in [9.17, 15) is 12.8 Å². The lowest BCUT2D eigenvalue weighted by molar-refractivity contribution is 0.600. The first-order valence-electron chi connectivity index (χ1n) is 5.43. The van der Waals surface area contributed by atoms with E-state index < -0.39 is 15.8 Å². The molecule has 0 aliphatic rings. The number of sulfonamides is 1. The van der Waals surface area contributed by atoms with E-state index in [2.05, 4.69) is 20.7 Å². The third-order valence-corrected chi connectivity index (χ3v) is 5.75. The maximum absolute atomic E-state index is 13.0. The Morgan fingerprint density at radius 2 is 1.81 bits per heavy atom. The SMILES string of the molecule is Nc1cc(F)ccc1S(=O)(=O)Nc1ccc(Br)c(Cl)c1Cl. The number of halogens is 4. The molecule has 0 aliphatic carbocycles. The van der Waals surface area contributed by atoms with Gasteiger partial charge in [-0.1, -0.05) is 23.2 Å². The zero-order valence-electron chi connectivity index (χ0n) is 10.2. The Kier molecular flexibility index (Phi) is 4.67. The van der Waals surface area contributed by atoms with Crippen LogP contribution in [0.5, 0.6) is 0 Å². The normalized spacial score (nSPS) is 11.4. The first-order valence-corrected chi connectivity index (χ1v) is 8.47. The molecule has 21 heavy (non-hydrogen) atoms. The molecule has 2 aromatic rings. The molecule has 9 heteroatoms. The Balaban J connectivity index is 2.45. The average molecular weight is 414 g/mol. The van der Waals surface area contributed by atoms with Crippen LogP contribution in [0.3, 0.4) is 0 Å². The summed E-state index contributed by atoms with van der Waals surface area (Å²) < 4.78 is 40.3. The van der Waals surface area contributed by atoms with Gasteiger partial charge in [0.1, 0.15) is 10.7 Å². The predicted octanol–water partition coefficient (Wildman–Crippen LogP) is 4.28. The molecule has 2 rings (SSSR count). The summed E-state index contributed by atoms with van der Waals surface area (Å²) in [6.07, 6.45) is 0. The fourth-order valence-corrected chi connectivity index (χ4v) is 3.63. The van der Waals surface area contributed by atoms with Gasteiger partial charge in [0, 0.05) is 4.47 Å². The number of nitrogen functional groups attached to an aromatic ring is 1. The van der Waals surface area contributed by atoms with Gasteiger partial charge in [-0.15, -0.1) is 0 Å². The largest absolute Gasteiger partial charge is 0.398 e. The van der Waals surface area contributed by atoms with E-state index >= 15 is 0 Å². The summed E-state index contributed by atoms with van der Waals surface area (Å²) >= 11 is 15.1. The second-order valence-electron chi connectivity index (χ2n) is 4.01. The zero-order chi connectivity index (χ0) is 15.8. The summed E-state index contributed by atoms with van der Waals surface area (Å²) in [5.41, 5.74) is 5.41. The van der Waals surface area contributed by atoms with E-state index in [-0.39, 0.29) is 26.3 Å². The van der Waals surface area contributed by atoms with Crippen LogP contribution < -0.4 is 10.5 Å². The lowest BCUT2D eigenvalue weighted by Crippen LogP contribution is -2.15. The van der Waals surface area contributed by atoms with Gasteiger partial charge in [0.2, 0.25) is 0 Å². The molecule has 0 heterocycles. The number of benzene rings is 2. The predicted molar refractivity (Wildman–Crippen MR) is 85.8 cm³/mol. The summed E-state index contributed by atoms with van der Waals surface area (Å²) in [4.78, 5) is -0.251. The second kappa shape index (κ2) is 6.00. The zero-order valence-corrected chi connectivity index (χ0v) is 14.1. The number of nitrogens with one attached hydrogen (secondary N) is 1. The highest BCUT2D eigenvalue weighted by atomic mass is 79.9. The van der Waals surface area contributed by atoms with Gasteiger partial charge in [0.05, 0.1) is 21.4 Å². The molecule has 0 bridgehead atoms. The fraction of sp³-hybridized carbons (Fsp3) is 0. The molecule has 0 aliphatic heterocycles. The molecule has 4 nitrogen and oxygen atoms in total. The van der Waals surface area contributed by atoms with Crippen molar-refractivity contribution in [2.45, 2.75) is 4.90 Å². The average Bonchev–Trinajstić information content (AvgIpc) is 2.39. The summed E-state index contributed by atoms with van der Waals surface area (Å²) in [6, 6.07) is 5.98. The Morgan fingerprint density at radius 3 is 2.43 bits per heavy atom. The second-order valence-corrected chi connectivity index (χ2v) is 7.27. The molecular weight excluding hydrogens is 406 g/mol. The van der Waals surface area contributed by atoms with Gasteiger partial charge in [-0.3, -0.25) is 4.72 Å². The van der Waals surface area contributed by atoms with Crippen molar-refractivity contribution in [2.75, 3.05) is 10.5 Å². The fourth-order valence-electron chi connectivity index (χ4n) is 1.57. The molecule has 0 saturated heterocycles. The molecule has 112 valence electrons. The molecule has 0 amide bonds. The molecule has 0 saturated carbocycles. The lowest BCUT2D eigenvalue weighted by atomic mass is 10.3. The maximum atomic E-state index is 13.0. The number of anilines is 2. The monoisotopic (exact) mass is 412 g/mol. The number of hydrogen-bond donors (Lipinski definition) is 2. The minimum atomic E-state index is -4.01. The standard InChI is InChI=1S/C12H8BrCl2FN2O2S/c13-7-2-3-9(12(15)11(7)14)18-21(19,20)10-4-1-6(16)5-8(10)17/h1-5,18H,17H2. The van der Waals surface area contributed by atoms with Crippen LogP contribution in [0.2, 0.25) is 10.0 Å². The minimum absolute atomic E-state index is 0.0373. The molecular formula is C12H8BrCl2FN2O2S. The van der Waals surface area contributed by atoms with Crippen LogP contribution in [0.15, 0.2) is 39.7 Å². The van der Waals surface area contributed by atoms with Crippen molar-refractivity contribution >= 4 is 60.5 Å². The molecule has 0 fully saturated rings. The first kappa shape index (κ1) is 16.4. The van der Waals surface area contributed by atoms with Crippen molar-refractivity contribution in [3.05, 3.63) is 50.7 Å². The van der Waals surface area contributed by atoms with Crippen LogP contribution in [-0.2, 0) is 10.0 Å². The topological polar surface area (TPSA) is 72.2 Å². The Hall–Kier alpha value is -1.02. The summed E-state index contributed by atoms with van der Waals surface area (Å²) in [5, 5.41) is 0.208. The van der Waals surface area contributed by atoms with Crippen molar-refractivity contribution in [3.63, 3.8) is 0 Å². The third-order valence-electron chi connectivity index (χ3n) is 2.54. The van der Waals surface area contributed by atoms with E-state index in [1.54, 1.807) is 6.07 Å². The van der Waals surface area contributed by atoms with Gasteiger partial charge in [0.25, 0.3) is 10.0 Å². The van der Waals surface area contributed by atoms with Crippen LogP contribution >= 0.6 is 39.1 Å². The van der Waals surface area contributed by atoms with Gasteiger partial charge < -0.3 is 5.73 Å². The summed E-state index contributed by atoms with van der Waals surface area (Å²) in [6.45, 7) is 0. The third kappa shape index (κ3) is 3.42.